The molecule has 0 unspecified atom stereocenters. The van der Waals surface area contributed by atoms with Crippen LogP contribution in [-0.4, -0.2) is 0 Å². The van der Waals surface area contributed by atoms with Crippen LogP contribution in [0.5, 0.6) is 0 Å². The lowest BCUT2D eigenvalue weighted by Gasteiger charge is -2.02. The average Bonchev–Trinajstić information content (AvgIpc) is 2.34. The molecule has 0 N–H and O–H groups in total. The van der Waals surface area contributed by atoms with E-state index in [1.54, 1.807) is 24.3 Å². The zero-order valence-corrected chi connectivity index (χ0v) is 9.37. The van der Waals surface area contributed by atoms with Crippen molar-refractivity contribution in [2.45, 2.75) is 12.8 Å². The van der Waals surface area contributed by atoms with Crippen molar-refractivity contribution < 1.29 is 8.78 Å². The Morgan fingerprint density at radius 3 is 1.35 bits per heavy atom. The van der Waals surface area contributed by atoms with Gasteiger partial charge >= 0.3 is 0 Å². The minimum absolute atomic E-state index is 0.215. The molecule has 0 fully saturated rings. The number of hydrogen-bond acceptors (Lipinski definition) is 0. The summed E-state index contributed by atoms with van der Waals surface area (Å²) in [5.41, 5.74) is 2.15. The number of halogens is 2. The van der Waals surface area contributed by atoms with Crippen LogP contribution in [0.25, 0.3) is 0 Å². The molecule has 87 valence electrons. The van der Waals surface area contributed by atoms with E-state index in [0.29, 0.717) is 0 Å². The van der Waals surface area contributed by atoms with Crippen molar-refractivity contribution in [3.63, 3.8) is 0 Å². The van der Waals surface area contributed by atoms with Gasteiger partial charge in [0.1, 0.15) is 11.6 Å². The predicted molar refractivity (Wildman–Crippen MR) is 64.5 cm³/mol. The third kappa shape index (κ3) is 3.66. The molecule has 0 saturated carbocycles. The van der Waals surface area contributed by atoms with Crippen LogP contribution in [0.15, 0.2) is 48.5 Å². The molecule has 0 amide bonds. The molecule has 0 spiro atoms. The monoisotopic (exact) mass is 231 g/mol. The second kappa shape index (κ2) is 5.58. The third-order valence-corrected chi connectivity index (χ3v) is 2.59. The second-order valence-electron chi connectivity index (χ2n) is 3.95. The van der Waals surface area contributed by atoms with Crippen LogP contribution < -0.4 is 0 Å². The van der Waals surface area contributed by atoms with Gasteiger partial charge in [-0.1, -0.05) is 24.3 Å². The minimum Gasteiger partial charge on any atom is -0.207 e. The Hall–Kier alpha value is -1.70. The van der Waals surface area contributed by atoms with Crippen molar-refractivity contribution in [3.8, 4) is 0 Å². The first kappa shape index (κ1) is 11.8. The first-order valence-corrected chi connectivity index (χ1v) is 5.54. The summed E-state index contributed by atoms with van der Waals surface area (Å²) in [6, 6.07) is 12.9. The molecule has 2 heteroatoms. The molecule has 0 nitrogen and oxygen atoms in total. The Kier molecular flexibility index (Phi) is 3.86. The van der Waals surface area contributed by atoms with Crippen LogP contribution in [0, 0.1) is 18.1 Å². The van der Waals surface area contributed by atoms with Crippen molar-refractivity contribution >= 4 is 0 Å². The molecular formula is C15H13F2. The predicted octanol–water partition coefficient (Wildman–Crippen LogP) is 3.95. The first-order chi connectivity index (χ1) is 8.24. The lowest BCUT2D eigenvalue weighted by Crippen LogP contribution is -1.91. The maximum Gasteiger partial charge on any atom is 0.123 e. The maximum absolute atomic E-state index is 12.7. The molecule has 0 saturated heterocycles. The number of benzene rings is 2. The van der Waals surface area contributed by atoms with Gasteiger partial charge in [0.2, 0.25) is 0 Å². The molecule has 2 aromatic rings. The van der Waals surface area contributed by atoms with Gasteiger partial charge in [0.25, 0.3) is 0 Å². The van der Waals surface area contributed by atoms with Gasteiger partial charge in [0, 0.05) is 0 Å². The number of rotatable bonds is 4. The van der Waals surface area contributed by atoms with E-state index in [1.165, 1.54) is 24.3 Å². The molecular weight excluding hydrogens is 218 g/mol. The topological polar surface area (TPSA) is 0 Å². The quantitative estimate of drug-likeness (QED) is 0.747. The summed E-state index contributed by atoms with van der Waals surface area (Å²) in [6.07, 6.45) is 3.68. The highest BCUT2D eigenvalue weighted by Crippen LogP contribution is 2.09. The van der Waals surface area contributed by atoms with E-state index in [2.05, 4.69) is 6.42 Å². The van der Waals surface area contributed by atoms with E-state index >= 15 is 0 Å². The lowest BCUT2D eigenvalue weighted by molar-refractivity contribution is 0.627. The average molecular weight is 231 g/mol. The lowest BCUT2D eigenvalue weighted by atomic mass is 10.0. The van der Waals surface area contributed by atoms with E-state index in [9.17, 15) is 8.78 Å². The zero-order chi connectivity index (χ0) is 12.1. The van der Waals surface area contributed by atoms with Gasteiger partial charge in [0.15, 0.2) is 0 Å². The van der Waals surface area contributed by atoms with Gasteiger partial charge < -0.3 is 0 Å². The first-order valence-electron chi connectivity index (χ1n) is 5.54. The molecule has 2 rings (SSSR count). The molecule has 2 aromatic carbocycles. The SMILES string of the molecule is Fc1ccc(C[CH]Cc2ccc(F)cc2)cc1. The summed E-state index contributed by atoms with van der Waals surface area (Å²) in [7, 11) is 0. The molecule has 0 heterocycles. The van der Waals surface area contributed by atoms with Crippen molar-refractivity contribution in [3.05, 3.63) is 77.7 Å². The smallest absolute Gasteiger partial charge is 0.123 e. The fourth-order valence-electron chi connectivity index (χ4n) is 1.65. The van der Waals surface area contributed by atoms with E-state index in [-0.39, 0.29) is 11.6 Å². The molecule has 0 bridgehead atoms. The highest BCUT2D eigenvalue weighted by Gasteiger charge is 1.97. The van der Waals surface area contributed by atoms with Crippen LogP contribution >= 0.6 is 0 Å². The summed E-state index contributed by atoms with van der Waals surface area (Å²) in [5, 5.41) is 0. The maximum atomic E-state index is 12.7. The van der Waals surface area contributed by atoms with E-state index in [0.717, 1.165) is 24.0 Å². The largest absolute Gasteiger partial charge is 0.207 e. The highest BCUT2D eigenvalue weighted by molar-refractivity contribution is 5.21. The van der Waals surface area contributed by atoms with Crippen LogP contribution in [0.2, 0.25) is 0 Å². The van der Waals surface area contributed by atoms with Crippen LogP contribution in [0.1, 0.15) is 11.1 Å². The van der Waals surface area contributed by atoms with Gasteiger partial charge in [-0.05, 0) is 54.7 Å². The summed E-state index contributed by atoms with van der Waals surface area (Å²) >= 11 is 0. The van der Waals surface area contributed by atoms with Gasteiger partial charge in [-0.15, -0.1) is 0 Å². The normalized spacial score (nSPS) is 10.5. The van der Waals surface area contributed by atoms with E-state index in [1.807, 2.05) is 0 Å². The summed E-state index contributed by atoms with van der Waals surface area (Å²) < 4.78 is 25.3. The Bertz CT molecular complexity index is 412. The van der Waals surface area contributed by atoms with Crippen molar-refractivity contribution in [2.75, 3.05) is 0 Å². The van der Waals surface area contributed by atoms with Crippen molar-refractivity contribution in [1.82, 2.24) is 0 Å². The summed E-state index contributed by atoms with van der Waals surface area (Å²) in [4.78, 5) is 0. The standard InChI is InChI=1S/C15H13F2/c16-14-8-4-12(5-9-14)2-1-3-13-6-10-15(17)11-7-13/h1,4-11H,2-3H2. The van der Waals surface area contributed by atoms with E-state index in [4.69, 9.17) is 0 Å². The van der Waals surface area contributed by atoms with E-state index < -0.39 is 0 Å². The highest BCUT2D eigenvalue weighted by atomic mass is 19.1. The molecule has 0 atom stereocenters. The summed E-state index contributed by atoms with van der Waals surface area (Å²) in [5.74, 6) is -0.431. The molecule has 0 aliphatic carbocycles. The summed E-state index contributed by atoms with van der Waals surface area (Å²) in [6.45, 7) is 0. The Balaban J connectivity index is 1.83. The Morgan fingerprint density at radius 1 is 0.647 bits per heavy atom. The Labute approximate surface area is 99.9 Å². The van der Waals surface area contributed by atoms with Gasteiger partial charge in [0.05, 0.1) is 0 Å². The van der Waals surface area contributed by atoms with Crippen molar-refractivity contribution in [1.29, 1.82) is 0 Å². The van der Waals surface area contributed by atoms with Gasteiger partial charge in [-0.3, -0.25) is 0 Å². The van der Waals surface area contributed by atoms with Gasteiger partial charge in [-0.25, -0.2) is 8.78 Å². The third-order valence-electron chi connectivity index (χ3n) is 2.59. The minimum atomic E-state index is -0.215. The molecule has 1 radical (unpaired) electrons. The molecule has 0 aliphatic heterocycles. The van der Waals surface area contributed by atoms with Gasteiger partial charge in [-0.2, -0.15) is 0 Å². The van der Waals surface area contributed by atoms with Crippen LogP contribution in [-0.2, 0) is 12.8 Å². The Morgan fingerprint density at radius 2 is 1.00 bits per heavy atom. The zero-order valence-electron chi connectivity index (χ0n) is 9.37. The van der Waals surface area contributed by atoms with Crippen LogP contribution in [0.3, 0.4) is 0 Å². The fraction of sp³-hybridized carbons (Fsp3) is 0.133. The second-order valence-corrected chi connectivity index (χ2v) is 3.95. The number of hydrogen-bond donors (Lipinski definition) is 0. The molecule has 17 heavy (non-hydrogen) atoms. The fourth-order valence-corrected chi connectivity index (χ4v) is 1.65. The van der Waals surface area contributed by atoms with Crippen LogP contribution in [0.4, 0.5) is 8.78 Å². The molecule has 0 aromatic heterocycles. The molecule has 0 aliphatic rings. The van der Waals surface area contributed by atoms with Crippen molar-refractivity contribution in [2.24, 2.45) is 0 Å².